The molecule has 0 radical (unpaired) electrons. The average Bonchev–Trinajstić information content (AvgIpc) is 2.27. The molecule has 0 aliphatic rings. The Balaban J connectivity index is 2.46. The number of hydrogen-bond acceptors (Lipinski definition) is 2. The maximum atomic E-state index is 11.8. The lowest BCUT2D eigenvalue weighted by Gasteiger charge is -2.11. The van der Waals surface area contributed by atoms with Crippen LogP contribution in [0.5, 0.6) is 0 Å². The van der Waals surface area contributed by atoms with Gasteiger partial charge in [-0.3, -0.25) is 4.79 Å². The largest absolute Gasteiger partial charge is 0.405 e. The molecule has 100 valence electrons. The number of amides is 1. The molecule has 0 aliphatic carbocycles. The summed E-state index contributed by atoms with van der Waals surface area (Å²) in [6, 6.07) is 5.06. The Morgan fingerprint density at radius 2 is 2.06 bits per heavy atom. The Morgan fingerprint density at radius 1 is 1.39 bits per heavy atom. The number of anilines is 1. The van der Waals surface area contributed by atoms with Crippen molar-refractivity contribution in [3.05, 3.63) is 28.8 Å². The molecule has 0 saturated heterocycles. The fourth-order valence-electron chi connectivity index (χ4n) is 1.24. The van der Waals surface area contributed by atoms with Crippen LogP contribution in [0.4, 0.5) is 18.9 Å². The first-order chi connectivity index (χ1) is 8.29. The highest BCUT2D eigenvalue weighted by molar-refractivity contribution is 6.31. The van der Waals surface area contributed by atoms with Gasteiger partial charge in [0.1, 0.15) is 6.54 Å². The number of rotatable bonds is 4. The van der Waals surface area contributed by atoms with E-state index in [1.165, 1.54) is 0 Å². The smallest absolute Gasteiger partial charge is 0.376 e. The number of carbonyl (C=O) groups is 1. The van der Waals surface area contributed by atoms with E-state index in [2.05, 4.69) is 5.32 Å². The Labute approximate surface area is 107 Å². The van der Waals surface area contributed by atoms with Crippen molar-refractivity contribution in [2.24, 2.45) is 0 Å². The lowest BCUT2D eigenvalue weighted by atomic mass is 10.2. The number of halogens is 4. The molecule has 1 aromatic carbocycles. The van der Waals surface area contributed by atoms with Gasteiger partial charge in [0.25, 0.3) is 0 Å². The van der Waals surface area contributed by atoms with Crippen molar-refractivity contribution in [1.82, 2.24) is 5.32 Å². The summed E-state index contributed by atoms with van der Waals surface area (Å²) in [6.07, 6.45) is -4.40. The van der Waals surface area contributed by atoms with Crippen molar-refractivity contribution in [3.63, 3.8) is 0 Å². The average molecular weight is 281 g/mol. The molecule has 2 N–H and O–H groups in total. The van der Waals surface area contributed by atoms with E-state index in [0.717, 1.165) is 5.56 Å². The summed E-state index contributed by atoms with van der Waals surface area (Å²) in [4.78, 5) is 11.2. The van der Waals surface area contributed by atoms with Crippen LogP contribution in [0.3, 0.4) is 0 Å². The number of alkyl halides is 3. The van der Waals surface area contributed by atoms with Crippen molar-refractivity contribution < 1.29 is 18.0 Å². The van der Waals surface area contributed by atoms with Gasteiger partial charge < -0.3 is 10.6 Å². The molecule has 3 nitrogen and oxygen atoms in total. The number of carbonyl (C=O) groups excluding carboxylic acids is 1. The van der Waals surface area contributed by atoms with E-state index in [0.29, 0.717) is 10.7 Å². The minimum Gasteiger partial charge on any atom is -0.376 e. The van der Waals surface area contributed by atoms with Gasteiger partial charge in [0.15, 0.2) is 0 Å². The van der Waals surface area contributed by atoms with Crippen LogP contribution in [0.1, 0.15) is 5.56 Å². The molecule has 0 saturated carbocycles. The normalized spacial score (nSPS) is 11.2. The van der Waals surface area contributed by atoms with Crippen molar-refractivity contribution >= 4 is 23.2 Å². The van der Waals surface area contributed by atoms with Crippen LogP contribution in [0, 0.1) is 6.92 Å². The molecule has 1 amide bonds. The fraction of sp³-hybridized carbons (Fsp3) is 0.364. The van der Waals surface area contributed by atoms with E-state index in [-0.39, 0.29) is 6.54 Å². The first-order valence-corrected chi connectivity index (χ1v) is 5.50. The van der Waals surface area contributed by atoms with Crippen LogP contribution in [0.15, 0.2) is 18.2 Å². The molecule has 0 unspecified atom stereocenters. The van der Waals surface area contributed by atoms with Crippen molar-refractivity contribution in [1.29, 1.82) is 0 Å². The van der Waals surface area contributed by atoms with Crippen LogP contribution in [-0.2, 0) is 4.79 Å². The van der Waals surface area contributed by atoms with Gasteiger partial charge in [0.2, 0.25) is 5.91 Å². The van der Waals surface area contributed by atoms with E-state index in [1.54, 1.807) is 30.4 Å². The van der Waals surface area contributed by atoms with E-state index < -0.39 is 18.6 Å². The van der Waals surface area contributed by atoms with E-state index in [4.69, 9.17) is 11.6 Å². The number of nitrogens with one attached hydrogen (secondary N) is 2. The molecule has 18 heavy (non-hydrogen) atoms. The second-order valence-electron chi connectivity index (χ2n) is 3.66. The summed E-state index contributed by atoms with van der Waals surface area (Å²) >= 11 is 5.86. The lowest BCUT2D eigenvalue weighted by Crippen LogP contribution is -2.37. The second kappa shape index (κ2) is 5.95. The summed E-state index contributed by atoms with van der Waals surface area (Å²) in [5, 5.41) is 5.02. The quantitative estimate of drug-likeness (QED) is 0.890. The molecule has 1 rings (SSSR count). The van der Waals surface area contributed by atoms with Crippen LogP contribution in [-0.4, -0.2) is 25.2 Å². The third-order valence-electron chi connectivity index (χ3n) is 2.19. The monoisotopic (exact) mass is 280 g/mol. The molecule has 0 fully saturated rings. The zero-order chi connectivity index (χ0) is 13.8. The summed E-state index contributed by atoms with van der Waals surface area (Å²) in [5.74, 6) is -0.730. The summed E-state index contributed by atoms with van der Waals surface area (Å²) < 4.78 is 35.5. The summed E-state index contributed by atoms with van der Waals surface area (Å²) in [7, 11) is 0. The maximum Gasteiger partial charge on any atom is 0.405 e. The van der Waals surface area contributed by atoms with Gasteiger partial charge in [0.05, 0.1) is 6.54 Å². The first-order valence-electron chi connectivity index (χ1n) is 5.12. The van der Waals surface area contributed by atoms with Gasteiger partial charge in [-0.15, -0.1) is 0 Å². The fourth-order valence-corrected chi connectivity index (χ4v) is 1.41. The van der Waals surface area contributed by atoms with E-state index >= 15 is 0 Å². The summed E-state index contributed by atoms with van der Waals surface area (Å²) in [5.41, 5.74) is 1.35. The predicted octanol–water partition coefficient (Wildman–Crippen LogP) is 2.74. The van der Waals surface area contributed by atoms with Gasteiger partial charge in [0, 0.05) is 10.7 Å². The van der Waals surface area contributed by atoms with Crippen molar-refractivity contribution in [3.8, 4) is 0 Å². The Bertz CT molecular complexity index is 435. The zero-order valence-electron chi connectivity index (χ0n) is 9.57. The number of hydrogen-bond donors (Lipinski definition) is 2. The van der Waals surface area contributed by atoms with Crippen LogP contribution >= 0.6 is 11.6 Å². The molecule has 0 aliphatic heterocycles. The molecule has 0 heterocycles. The highest BCUT2D eigenvalue weighted by Crippen LogP contribution is 2.22. The van der Waals surface area contributed by atoms with Crippen LogP contribution in [0.2, 0.25) is 5.02 Å². The van der Waals surface area contributed by atoms with E-state index in [1.807, 2.05) is 0 Å². The molecule has 0 bridgehead atoms. The van der Waals surface area contributed by atoms with Crippen molar-refractivity contribution in [2.75, 3.05) is 18.4 Å². The van der Waals surface area contributed by atoms with Gasteiger partial charge in [-0.25, -0.2) is 0 Å². The standard InChI is InChI=1S/C11H12ClF3N2O/c1-7-8(12)3-2-4-9(7)16-5-10(18)17-6-11(13,14)15/h2-4,16H,5-6H2,1H3,(H,17,18). The molecule has 0 aromatic heterocycles. The van der Waals surface area contributed by atoms with Gasteiger partial charge in [-0.2, -0.15) is 13.2 Å². The second-order valence-corrected chi connectivity index (χ2v) is 4.07. The predicted molar refractivity (Wildman–Crippen MR) is 63.7 cm³/mol. The molecule has 0 atom stereocenters. The van der Waals surface area contributed by atoms with Crippen molar-refractivity contribution in [2.45, 2.75) is 13.1 Å². The highest BCUT2D eigenvalue weighted by atomic mass is 35.5. The Hall–Kier alpha value is -1.43. The first kappa shape index (κ1) is 14.6. The minimum absolute atomic E-state index is 0.239. The molecule has 7 heteroatoms. The molecule has 1 aromatic rings. The zero-order valence-corrected chi connectivity index (χ0v) is 10.3. The minimum atomic E-state index is -4.40. The molecular formula is C11H12ClF3N2O. The lowest BCUT2D eigenvalue weighted by molar-refractivity contribution is -0.137. The topological polar surface area (TPSA) is 41.1 Å². The van der Waals surface area contributed by atoms with Gasteiger partial charge in [-0.05, 0) is 24.6 Å². The third kappa shape index (κ3) is 4.83. The highest BCUT2D eigenvalue weighted by Gasteiger charge is 2.27. The van der Waals surface area contributed by atoms with Crippen LogP contribution in [0.25, 0.3) is 0 Å². The Morgan fingerprint density at radius 3 is 2.67 bits per heavy atom. The molecule has 0 spiro atoms. The maximum absolute atomic E-state index is 11.8. The molecular weight excluding hydrogens is 269 g/mol. The van der Waals surface area contributed by atoms with Crippen LogP contribution < -0.4 is 10.6 Å². The third-order valence-corrected chi connectivity index (χ3v) is 2.60. The van der Waals surface area contributed by atoms with Gasteiger partial charge in [-0.1, -0.05) is 17.7 Å². The summed E-state index contributed by atoms with van der Waals surface area (Å²) in [6.45, 7) is 0.178. The van der Waals surface area contributed by atoms with Gasteiger partial charge >= 0.3 is 6.18 Å². The van der Waals surface area contributed by atoms with E-state index in [9.17, 15) is 18.0 Å². The SMILES string of the molecule is Cc1c(Cl)cccc1NCC(=O)NCC(F)(F)F. The number of benzene rings is 1. The Kier molecular flexibility index (Phi) is 4.84.